The molecule has 0 radical (unpaired) electrons. The number of rotatable bonds is 4. The zero-order valence-electron chi connectivity index (χ0n) is 13.1. The van der Waals surface area contributed by atoms with Crippen molar-refractivity contribution in [1.29, 1.82) is 0 Å². The standard InChI is InChI=1S/C19H18N2OS2/c22-18(20-12-13-6-5-11-23-13)14-7-1-2-8-15(14)19-21-16-9-3-4-10-17(16)24-19/h1-6,9-11,14-15H,7-8,12H2,(H,20,22). The maximum absolute atomic E-state index is 12.7. The number of thiazole rings is 1. The molecule has 1 N–H and O–H groups in total. The van der Waals surface area contributed by atoms with Crippen LogP contribution in [-0.4, -0.2) is 10.9 Å². The van der Waals surface area contributed by atoms with E-state index in [1.54, 1.807) is 22.7 Å². The summed E-state index contributed by atoms with van der Waals surface area (Å²) in [7, 11) is 0. The van der Waals surface area contributed by atoms with Crippen molar-refractivity contribution in [3.05, 3.63) is 63.8 Å². The molecule has 4 rings (SSSR count). The van der Waals surface area contributed by atoms with Crippen LogP contribution in [0.25, 0.3) is 10.2 Å². The Bertz CT molecular complexity index is 834. The van der Waals surface area contributed by atoms with Gasteiger partial charge < -0.3 is 5.32 Å². The Labute approximate surface area is 149 Å². The number of hydrogen-bond donors (Lipinski definition) is 1. The highest BCUT2D eigenvalue weighted by Gasteiger charge is 2.32. The monoisotopic (exact) mass is 354 g/mol. The minimum Gasteiger partial charge on any atom is -0.351 e. The molecule has 0 aliphatic heterocycles. The molecule has 1 amide bonds. The third kappa shape index (κ3) is 3.14. The minimum absolute atomic E-state index is 0.0319. The summed E-state index contributed by atoms with van der Waals surface area (Å²) in [5.41, 5.74) is 1.03. The highest BCUT2D eigenvalue weighted by Crippen LogP contribution is 2.38. The lowest BCUT2D eigenvalue weighted by Gasteiger charge is -2.25. The number of allylic oxidation sites excluding steroid dienone is 2. The average Bonchev–Trinajstić information content (AvgIpc) is 3.29. The second-order valence-electron chi connectivity index (χ2n) is 5.97. The van der Waals surface area contributed by atoms with Gasteiger partial charge >= 0.3 is 0 Å². The van der Waals surface area contributed by atoms with E-state index >= 15 is 0 Å². The van der Waals surface area contributed by atoms with Crippen molar-refractivity contribution in [3.8, 4) is 0 Å². The summed E-state index contributed by atoms with van der Waals surface area (Å²) in [6.07, 6.45) is 5.98. The Morgan fingerprint density at radius 2 is 2.04 bits per heavy atom. The van der Waals surface area contributed by atoms with E-state index in [4.69, 9.17) is 4.98 Å². The molecular weight excluding hydrogens is 336 g/mol. The molecule has 24 heavy (non-hydrogen) atoms. The molecule has 0 spiro atoms. The van der Waals surface area contributed by atoms with E-state index in [1.807, 2.05) is 29.6 Å². The van der Waals surface area contributed by atoms with Gasteiger partial charge in [-0.05, 0) is 36.4 Å². The van der Waals surface area contributed by atoms with Crippen LogP contribution in [0.4, 0.5) is 0 Å². The van der Waals surface area contributed by atoms with Gasteiger partial charge in [-0.25, -0.2) is 4.98 Å². The van der Waals surface area contributed by atoms with Crippen molar-refractivity contribution in [1.82, 2.24) is 10.3 Å². The van der Waals surface area contributed by atoms with Crippen molar-refractivity contribution < 1.29 is 4.79 Å². The predicted octanol–water partition coefficient (Wildman–Crippen LogP) is 4.72. The first-order valence-electron chi connectivity index (χ1n) is 8.12. The molecule has 0 fully saturated rings. The summed E-state index contributed by atoms with van der Waals surface area (Å²) in [4.78, 5) is 18.7. The van der Waals surface area contributed by atoms with Crippen molar-refractivity contribution in [2.24, 2.45) is 5.92 Å². The third-order valence-corrected chi connectivity index (χ3v) is 6.46. The van der Waals surface area contributed by atoms with Gasteiger partial charge in [0.1, 0.15) is 0 Å². The van der Waals surface area contributed by atoms with E-state index in [0.717, 1.165) is 23.4 Å². The summed E-state index contributed by atoms with van der Waals surface area (Å²) < 4.78 is 1.19. The fourth-order valence-corrected chi connectivity index (χ4v) is 4.93. The van der Waals surface area contributed by atoms with Crippen LogP contribution >= 0.6 is 22.7 Å². The quantitative estimate of drug-likeness (QED) is 0.689. The number of hydrogen-bond acceptors (Lipinski definition) is 4. The number of benzene rings is 1. The van der Waals surface area contributed by atoms with Gasteiger partial charge in [0.05, 0.1) is 27.7 Å². The lowest BCUT2D eigenvalue weighted by molar-refractivity contribution is -0.125. The summed E-state index contributed by atoms with van der Waals surface area (Å²) in [6.45, 7) is 0.614. The maximum atomic E-state index is 12.7. The van der Waals surface area contributed by atoms with Gasteiger partial charge in [0, 0.05) is 10.8 Å². The number of para-hydroxylation sites is 1. The zero-order chi connectivity index (χ0) is 16.4. The molecule has 1 aliphatic carbocycles. The molecule has 1 aliphatic rings. The second-order valence-corrected chi connectivity index (χ2v) is 8.07. The van der Waals surface area contributed by atoms with E-state index in [2.05, 4.69) is 29.6 Å². The lowest BCUT2D eigenvalue weighted by Crippen LogP contribution is -2.34. The molecule has 3 nitrogen and oxygen atoms in total. The van der Waals surface area contributed by atoms with E-state index < -0.39 is 0 Å². The fraction of sp³-hybridized carbons (Fsp3) is 0.263. The largest absolute Gasteiger partial charge is 0.351 e. The Morgan fingerprint density at radius 1 is 1.17 bits per heavy atom. The first-order valence-corrected chi connectivity index (χ1v) is 9.81. The van der Waals surface area contributed by atoms with Crippen LogP contribution in [-0.2, 0) is 11.3 Å². The van der Waals surface area contributed by atoms with E-state index in [0.29, 0.717) is 6.54 Å². The fourth-order valence-electron chi connectivity index (χ4n) is 3.14. The highest BCUT2D eigenvalue weighted by molar-refractivity contribution is 7.18. The second kappa shape index (κ2) is 6.87. The van der Waals surface area contributed by atoms with E-state index in [1.165, 1.54) is 9.58 Å². The number of fused-ring (bicyclic) bond motifs is 1. The van der Waals surface area contributed by atoms with Gasteiger partial charge in [-0.3, -0.25) is 4.79 Å². The van der Waals surface area contributed by atoms with Crippen LogP contribution < -0.4 is 5.32 Å². The van der Waals surface area contributed by atoms with E-state index in [-0.39, 0.29) is 17.7 Å². The number of thiophene rings is 1. The van der Waals surface area contributed by atoms with Gasteiger partial charge in [0.2, 0.25) is 5.91 Å². The third-order valence-electron chi connectivity index (χ3n) is 4.41. The first kappa shape index (κ1) is 15.5. The molecule has 0 saturated heterocycles. The summed E-state index contributed by atoms with van der Waals surface area (Å²) >= 11 is 3.39. The molecule has 0 bridgehead atoms. The summed E-state index contributed by atoms with van der Waals surface area (Å²) in [6, 6.07) is 12.3. The van der Waals surface area contributed by atoms with Crippen LogP contribution in [0, 0.1) is 5.92 Å². The van der Waals surface area contributed by atoms with Gasteiger partial charge in [-0.1, -0.05) is 30.4 Å². The Morgan fingerprint density at radius 3 is 2.88 bits per heavy atom. The number of carbonyl (C=O) groups is 1. The molecule has 1 aromatic carbocycles. The molecule has 2 atom stereocenters. The molecular formula is C19H18N2OS2. The van der Waals surface area contributed by atoms with Crippen molar-refractivity contribution in [3.63, 3.8) is 0 Å². The van der Waals surface area contributed by atoms with Crippen molar-refractivity contribution in [2.75, 3.05) is 0 Å². The summed E-state index contributed by atoms with van der Waals surface area (Å²) in [5, 5.41) is 6.22. The van der Waals surface area contributed by atoms with Gasteiger partial charge in [0.25, 0.3) is 0 Å². The number of nitrogens with one attached hydrogen (secondary N) is 1. The van der Waals surface area contributed by atoms with Crippen molar-refractivity contribution in [2.45, 2.75) is 25.3 Å². The van der Waals surface area contributed by atoms with Crippen LogP contribution in [0.1, 0.15) is 28.6 Å². The number of nitrogens with zero attached hydrogens (tertiary/aromatic N) is 1. The molecule has 0 saturated carbocycles. The van der Waals surface area contributed by atoms with Gasteiger partial charge in [0.15, 0.2) is 0 Å². The maximum Gasteiger partial charge on any atom is 0.224 e. The minimum atomic E-state index is -0.0319. The van der Waals surface area contributed by atoms with Gasteiger partial charge in [-0.2, -0.15) is 0 Å². The summed E-state index contributed by atoms with van der Waals surface area (Å²) in [5.74, 6) is 0.281. The predicted molar refractivity (Wildman–Crippen MR) is 100 cm³/mol. The first-order chi connectivity index (χ1) is 11.8. The lowest BCUT2D eigenvalue weighted by atomic mass is 9.82. The Kier molecular flexibility index (Phi) is 4.45. The van der Waals surface area contributed by atoms with Crippen molar-refractivity contribution >= 4 is 38.8 Å². The van der Waals surface area contributed by atoms with Crippen LogP contribution in [0.5, 0.6) is 0 Å². The highest BCUT2D eigenvalue weighted by atomic mass is 32.1. The molecule has 2 unspecified atom stereocenters. The SMILES string of the molecule is O=C(NCc1cccs1)C1CC=CCC1c1nc2ccccc2s1. The van der Waals surface area contributed by atoms with Crippen LogP contribution in [0.2, 0.25) is 0 Å². The molecule has 3 aromatic rings. The molecule has 2 heterocycles. The zero-order valence-corrected chi connectivity index (χ0v) is 14.8. The smallest absolute Gasteiger partial charge is 0.224 e. The molecule has 2 aromatic heterocycles. The van der Waals surface area contributed by atoms with Crippen LogP contribution in [0.3, 0.4) is 0 Å². The van der Waals surface area contributed by atoms with Crippen LogP contribution in [0.15, 0.2) is 53.9 Å². The molecule has 122 valence electrons. The Balaban J connectivity index is 1.54. The topological polar surface area (TPSA) is 42.0 Å². The number of aromatic nitrogens is 1. The number of carbonyl (C=O) groups excluding carboxylic acids is 1. The number of amides is 1. The Hall–Kier alpha value is -1.98. The normalized spacial score (nSPS) is 20.3. The van der Waals surface area contributed by atoms with E-state index in [9.17, 15) is 4.79 Å². The average molecular weight is 355 g/mol. The molecule has 5 heteroatoms. The van der Waals surface area contributed by atoms with Gasteiger partial charge in [-0.15, -0.1) is 22.7 Å².